The Hall–Kier alpha value is -2.12. The van der Waals surface area contributed by atoms with Crippen molar-refractivity contribution in [2.24, 2.45) is 5.73 Å². The number of nitrogens with two attached hydrogens (primary N) is 1. The van der Waals surface area contributed by atoms with Crippen LogP contribution in [0.2, 0.25) is 0 Å². The Morgan fingerprint density at radius 1 is 0.917 bits per heavy atom. The van der Waals surface area contributed by atoms with Crippen molar-refractivity contribution < 1.29 is 27.4 Å². The number of methoxy groups -OCH3 is 2. The molecule has 0 bridgehead atoms. The molecule has 2 N–H and O–H groups in total. The highest BCUT2D eigenvalue weighted by molar-refractivity contribution is 5.85. The van der Waals surface area contributed by atoms with Gasteiger partial charge >= 0.3 is 6.36 Å². The topological polar surface area (TPSA) is 53.7 Å². The molecule has 0 unspecified atom stereocenters. The Morgan fingerprint density at radius 2 is 1.50 bits per heavy atom. The molecule has 0 radical (unpaired) electrons. The van der Waals surface area contributed by atoms with Crippen molar-refractivity contribution in [3.05, 3.63) is 53.6 Å². The summed E-state index contributed by atoms with van der Waals surface area (Å²) in [5.74, 6) is 0.856. The Balaban J connectivity index is 0.00000288. The van der Waals surface area contributed by atoms with Crippen LogP contribution in [-0.4, -0.2) is 20.6 Å². The monoisotopic (exact) mass is 363 g/mol. The third kappa shape index (κ3) is 4.94. The molecule has 24 heavy (non-hydrogen) atoms. The highest BCUT2D eigenvalue weighted by atomic mass is 35.5. The molecular formula is C16H17ClF3NO3. The highest BCUT2D eigenvalue weighted by Crippen LogP contribution is 2.32. The first kappa shape index (κ1) is 19.9. The molecule has 0 fully saturated rings. The van der Waals surface area contributed by atoms with Crippen molar-refractivity contribution in [2.45, 2.75) is 12.4 Å². The van der Waals surface area contributed by atoms with Gasteiger partial charge in [-0.1, -0.05) is 12.1 Å². The number of rotatable bonds is 5. The highest BCUT2D eigenvalue weighted by Gasteiger charge is 2.31. The zero-order chi connectivity index (χ0) is 17.0. The Morgan fingerprint density at radius 3 is 2.00 bits per heavy atom. The quantitative estimate of drug-likeness (QED) is 0.870. The molecule has 0 aliphatic heterocycles. The van der Waals surface area contributed by atoms with Crippen molar-refractivity contribution in [3.8, 4) is 17.2 Å². The molecular weight excluding hydrogens is 347 g/mol. The van der Waals surface area contributed by atoms with Crippen LogP contribution in [0.4, 0.5) is 13.2 Å². The summed E-state index contributed by atoms with van der Waals surface area (Å²) in [5, 5.41) is 0. The van der Waals surface area contributed by atoms with E-state index >= 15 is 0 Å². The van der Waals surface area contributed by atoms with Crippen LogP contribution in [0.1, 0.15) is 17.2 Å². The second-order valence-corrected chi connectivity index (χ2v) is 4.70. The molecule has 0 saturated carbocycles. The van der Waals surface area contributed by atoms with Crippen LogP contribution in [0.25, 0.3) is 0 Å². The Bertz CT molecular complexity index is 663. The van der Waals surface area contributed by atoms with Gasteiger partial charge in [-0.2, -0.15) is 0 Å². The lowest BCUT2D eigenvalue weighted by atomic mass is 9.98. The molecule has 2 rings (SSSR count). The summed E-state index contributed by atoms with van der Waals surface area (Å²) in [5.41, 5.74) is 7.50. The molecule has 0 amide bonds. The summed E-state index contributed by atoms with van der Waals surface area (Å²) >= 11 is 0. The van der Waals surface area contributed by atoms with Crippen LogP contribution < -0.4 is 19.9 Å². The smallest absolute Gasteiger partial charge is 0.497 e. The molecule has 0 aliphatic carbocycles. The van der Waals surface area contributed by atoms with Crippen molar-refractivity contribution in [1.29, 1.82) is 0 Å². The standard InChI is InChI=1S/C16H16F3NO3.ClH/c1-21-12-7-8-13(14(9-12)22-2)15(20)10-3-5-11(6-4-10)23-16(17,18)19;/h3-9,15H,20H2,1-2H3;1H/t15-;/m0./s1. The number of hydrogen-bond acceptors (Lipinski definition) is 4. The van der Waals surface area contributed by atoms with Gasteiger partial charge in [0.05, 0.1) is 20.3 Å². The average Bonchev–Trinajstić information content (AvgIpc) is 2.52. The summed E-state index contributed by atoms with van der Waals surface area (Å²) in [6.07, 6.45) is -4.72. The number of halogens is 4. The fourth-order valence-corrected chi connectivity index (χ4v) is 2.13. The number of benzene rings is 2. The Labute approximate surface area is 143 Å². The summed E-state index contributed by atoms with van der Waals surface area (Å²) in [6.45, 7) is 0. The van der Waals surface area contributed by atoms with Gasteiger partial charge in [0, 0.05) is 11.6 Å². The minimum atomic E-state index is -4.72. The van der Waals surface area contributed by atoms with Crippen molar-refractivity contribution in [2.75, 3.05) is 14.2 Å². The SMILES string of the molecule is COc1ccc([C@@H](N)c2ccc(OC(F)(F)F)cc2)c(OC)c1.Cl. The lowest BCUT2D eigenvalue weighted by molar-refractivity contribution is -0.274. The third-order valence-corrected chi connectivity index (χ3v) is 3.25. The minimum absolute atomic E-state index is 0. The second kappa shape index (κ2) is 8.12. The van der Waals surface area contributed by atoms with E-state index in [-0.39, 0.29) is 18.2 Å². The molecule has 4 nitrogen and oxygen atoms in total. The van der Waals surface area contributed by atoms with Crippen molar-refractivity contribution >= 4 is 12.4 Å². The van der Waals surface area contributed by atoms with Crippen molar-refractivity contribution in [1.82, 2.24) is 0 Å². The molecule has 0 aliphatic rings. The van der Waals surface area contributed by atoms with E-state index in [1.165, 1.54) is 38.5 Å². The predicted molar refractivity (Wildman–Crippen MR) is 85.9 cm³/mol. The van der Waals surface area contributed by atoms with E-state index in [0.29, 0.717) is 22.6 Å². The number of hydrogen-bond donors (Lipinski definition) is 1. The van der Waals surface area contributed by atoms with E-state index in [4.69, 9.17) is 15.2 Å². The van der Waals surface area contributed by atoms with E-state index in [0.717, 1.165) is 0 Å². The van der Waals surface area contributed by atoms with Crippen LogP contribution >= 0.6 is 12.4 Å². The summed E-state index contributed by atoms with van der Waals surface area (Å²) < 4.78 is 50.7. The zero-order valence-electron chi connectivity index (χ0n) is 13.0. The van der Waals surface area contributed by atoms with Crippen LogP contribution in [0, 0.1) is 0 Å². The largest absolute Gasteiger partial charge is 0.573 e. The van der Waals surface area contributed by atoms with Gasteiger partial charge in [-0.3, -0.25) is 0 Å². The molecule has 8 heteroatoms. The maximum atomic E-state index is 12.2. The lowest BCUT2D eigenvalue weighted by Gasteiger charge is -2.17. The fourth-order valence-electron chi connectivity index (χ4n) is 2.13. The fraction of sp³-hybridized carbons (Fsp3) is 0.250. The molecule has 0 aromatic heterocycles. The minimum Gasteiger partial charge on any atom is -0.497 e. The molecule has 0 heterocycles. The predicted octanol–water partition coefficient (Wildman–Crippen LogP) is 4.07. The van der Waals surface area contributed by atoms with E-state index in [1.807, 2.05) is 0 Å². The maximum Gasteiger partial charge on any atom is 0.573 e. The van der Waals surface area contributed by atoms with Gasteiger partial charge in [-0.15, -0.1) is 25.6 Å². The first-order valence-electron chi connectivity index (χ1n) is 6.67. The first-order valence-corrected chi connectivity index (χ1v) is 6.67. The average molecular weight is 364 g/mol. The van der Waals surface area contributed by atoms with E-state index in [2.05, 4.69) is 4.74 Å². The molecule has 2 aromatic carbocycles. The van der Waals surface area contributed by atoms with Gasteiger partial charge in [0.1, 0.15) is 17.2 Å². The third-order valence-electron chi connectivity index (χ3n) is 3.25. The van der Waals surface area contributed by atoms with Gasteiger partial charge in [0.25, 0.3) is 0 Å². The van der Waals surface area contributed by atoms with E-state index in [1.54, 1.807) is 18.2 Å². The van der Waals surface area contributed by atoms with Crippen LogP contribution in [0.3, 0.4) is 0 Å². The molecule has 0 saturated heterocycles. The number of alkyl halides is 3. The lowest BCUT2D eigenvalue weighted by Crippen LogP contribution is -2.17. The zero-order valence-corrected chi connectivity index (χ0v) is 13.8. The van der Waals surface area contributed by atoms with Crippen LogP contribution in [0.15, 0.2) is 42.5 Å². The summed E-state index contributed by atoms with van der Waals surface area (Å²) in [7, 11) is 3.04. The van der Waals surface area contributed by atoms with Gasteiger partial charge in [-0.05, 0) is 29.8 Å². The van der Waals surface area contributed by atoms with Gasteiger partial charge < -0.3 is 19.9 Å². The van der Waals surface area contributed by atoms with Gasteiger partial charge in [0.15, 0.2) is 0 Å². The van der Waals surface area contributed by atoms with Crippen LogP contribution in [-0.2, 0) is 0 Å². The van der Waals surface area contributed by atoms with E-state index in [9.17, 15) is 13.2 Å². The normalized spacial score (nSPS) is 12.1. The summed E-state index contributed by atoms with van der Waals surface area (Å²) in [6, 6.07) is 10.0. The van der Waals surface area contributed by atoms with Crippen LogP contribution in [0.5, 0.6) is 17.2 Å². The molecule has 1 atom stereocenters. The second-order valence-electron chi connectivity index (χ2n) is 4.70. The van der Waals surface area contributed by atoms with Gasteiger partial charge in [0.2, 0.25) is 0 Å². The molecule has 2 aromatic rings. The molecule has 0 spiro atoms. The number of ether oxygens (including phenoxy) is 3. The molecule has 132 valence electrons. The van der Waals surface area contributed by atoms with Crippen molar-refractivity contribution in [3.63, 3.8) is 0 Å². The Kier molecular flexibility index (Phi) is 6.74. The van der Waals surface area contributed by atoms with Gasteiger partial charge in [-0.25, -0.2) is 0 Å². The summed E-state index contributed by atoms with van der Waals surface area (Å²) in [4.78, 5) is 0. The first-order chi connectivity index (χ1) is 10.8. The van der Waals surface area contributed by atoms with E-state index < -0.39 is 12.4 Å². The maximum absolute atomic E-state index is 12.2.